The first kappa shape index (κ1) is 20.5. The number of fused-ring (bicyclic) bond motifs is 1. The van der Waals surface area contributed by atoms with E-state index in [1.807, 2.05) is 0 Å². The molecule has 0 fully saturated rings. The lowest BCUT2D eigenvalue weighted by molar-refractivity contribution is -0.116. The molecule has 1 heterocycles. The number of benzene rings is 3. The third kappa shape index (κ3) is 4.25. The number of hydrogen-bond acceptors (Lipinski definition) is 4. The molecular formula is C24H17ClN2O4. The average Bonchev–Trinajstić information content (AvgIpc) is 3.03. The molecule has 0 bridgehead atoms. The fraction of sp³-hybridized carbons (Fsp3) is 0.0833. The molecule has 0 radical (unpaired) electrons. The average molecular weight is 433 g/mol. The number of Topliss-reactive ketones (excluding diaryl/α,β-unsaturated/α-hetero) is 1. The second-order valence-electron chi connectivity index (χ2n) is 7.02. The standard InChI is InChI=1S/C24H17ClN2O4/c25-16-10-8-15(9-11-16)21(28)12-13-22(29)26-17-4-3-5-18(14-17)27-23(30)19-6-1-2-7-20(19)24(27)31/h1-11,14H,12-13H2,(H,26,29). The summed E-state index contributed by atoms with van der Waals surface area (Å²) in [5.74, 6) is -1.32. The van der Waals surface area contributed by atoms with Crippen LogP contribution in [0.4, 0.5) is 11.4 Å². The van der Waals surface area contributed by atoms with Crippen molar-refractivity contribution in [1.29, 1.82) is 0 Å². The van der Waals surface area contributed by atoms with E-state index in [1.54, 1.807) is 72.8 Å². The maximum atomic E-state index is 12.6. The second kappa shape index (κ2) is 8.53. The Hall–Kier alpha value is -3.77. The summed E-state index contributed by atoms with van der Waals surface area (Å²) in [7, 11) is 0. The lowest BCUT2D eigenvalue weighted by Gasteiger charge is -2.15. The van der Waals surface area contributed by atoms with Crippen molar-refractivity contribution in [3.8, 4) is 0 Å². The van der Waals surface area contributed by atoms with E-state index in [9.17, 15) is 19.2 Å². The molecule has 4 rings (SSSR count). The summed E-state index contributed by atoms with van der Waals surface area (Å²) in [6.07, 6.45) is 0.0459. The molecule has 3 amide bonds. The Morgan fingerprint density at radius 1 is 0.806 bits per heavy atom. The Bertz CT molecular complexity index is 1170. The molecule has 0 saturated heterocycles. The van der Waals surface area contributed by atoms with E-state index in [-0.39, 0.29) is 24.5 Å². The van der Waals surface area contributed by atoms with Crippen LogP contribution in [-0.2, 0) is 4.79 Å². The van der Waals surface area contributed by atoms with E-state index in [1.165, 1.54) is 0 Å². The van der Waals surface area contributed by atoms with Crippen LogP contribution >= 0.6 is 11.6 Å². The van der Waals surface area contributed by atoms with E-state index in [4.69, 9.17) is 11.6 Å². The molecule has 3 aromatic rings. The van der Waals surface area contributed by atoms with Gasteiger partial charge in [-0.1, -0.05) is 29.8 Å². The quantitative estimate of drug-likeness (QED) is 0.450. The minimum Gasteiger partial charge on any atom is -0.326 e. The van der Waals surface area contributed by atoms with E-state index in [0.29, 0.717) is 33.1 Å². The van der Waals surface area contributed by atoms with Gasteiger partial charge in [0.1, 0.15) is 0 Å². The Morgan fingerprint density at radius 3 is 2.10 bits per heavy atom. The lowest BCUT2D eigenvalue weighted by Crippen LogP contribution is -2.29. The molecule has 1 aliphatic rings. The number of amides is 3. The van der Waals surface area contributed by atoms with Crippen LogP contribution in [0.25, 0.3) is 0 Å². The largest absolute Gasteiger partial charge is 0.326 e. The van der Waals surface area contributed by atoms with Crippen LogP contribution in [-0.4, -0.2) is 23.5 Å². The molecule has 1 N–H and O–H groups in total. The number of carbonyl (C=O) groups is 4. The van der Waals surface area contributed by atoms with E-state index in [2.05, 4.69) is 5.32 Å². The number of halogens is 1. The number of nitrogens with zero attached hydrogens (tertiary/aromatic N) is 1. The summed E-state index contributed by atoms with van der Waals surface area (Å²) in [6.45, 7) is 0. The monoisotopic (exact) mass is 432 g/mol. The van der Waals surface area contributed by atoms with Gasteiger partial charge in [0.2, 0.25) is 5.91 Å². The Kier molecular flexibility index (Phi) is 5.64. The second-order valence-corrected chi connectivity index (χ2v) is 7.46. The van der Waals surface area contributed by atoms with Crippen LogP contribution in [0.3, 0.4) is 0 Å². The number of hydrogen-bond donors (Lipinski definition) is 1. The predicted octanol–water partition coefficient (Wildman–Crippen LogP) is 4.74. The number of imide groups is 1. The van der Waals surface area contributed by atoms with Crippen molar-refractivity contribution in [2.75, 3.05) is 10.2 Å². The van der Waals surface area contributed by atoms with Gasteiger partial charge < -0.3 is 5.32 Å². The van der Waals surface area contributed by atoms with Crippen molar-refractivity contribution in [3.05, 3.63) is 94.5 Å². The zero-order chi connectivity index (χ0) is 22.0. The van der Waals surface area contributed by atoms with Crippen molar-refractivity contribution < 1.29 is 19.2 Å². The minimum atomic E-state index is -0.405. The molecule has 154 valence electrons. The zero-order valence-corrected chi connectivity index (χ0v) is 17.1. The lowest BCUT2D eigenvalue weighted by atomic mass is 10.1. The SMILES string of the molecule is O=C(CCC(=O)c1ccc(Cl)cc1)Nc1cccc(N2C(=O)c3ccccc3C2=O)c1. The maximum Gasteiger partial charge on any atom is 0.266 e. The summed E-state index contributed by atoms with van der Waals surface area (Å²) in [4.78, 5) is 50.9. The highest BCUT2D eigenvalue weighted by Crippen LogP contribution is 2.29. The van der Waals surface area contributed by atoms with Crippen molar-refractivity contribution in [2.24, 2.45) is 0 Å². The molecule has 6 nitrogen and oxygen atoms in total. The Labute approximate surface area is 183 Å². The van der Waals surface area contributed by atoms with Gasteiger partial charge in [-0.3, -0.25) is 19.2 Å². The molecule has 0 aromatic heterocycles. The van der Waals surface area contributed by atoms with Gasteiger partial charge in [0, 0.05) is 29.1 Å². The molecule has 0 spiro atoms. The third-order valence-corrected chi connectivity index (χ3v) is 5.18. The van der Waals surface area contributed by atoms with E-state index in [0.717, 1.165) is 4.90 Å². The fourth-order valence-corrected chi connectivity index (χ4v) is 3.50. The van der Waals surface area contributed by atoms with Crippen molar-refractivity contribution in [1.82, 2.24) is 0 Å². The van der Waals surface area contributed by atoms with Crippen LogP contribution in [0.5, 0.6) is 0 Å². The van der Waals surface area contributed by atoms with Gasteiger partial charge >= 0.3 is 0 Å². The Balaban J connectivity index is 1.41. The molecule has 0 saturated carbocycles. The van der Waals surface area contributed by atoms with Crippen molar-refractivity contribution in [2.45, 2.75) is 12.8 Å². The topological polar surface area (TPSA) is 83.6 Å². The highest BCUT2D eigenvalue weighted by Gasteiger charge is 2.36. The molecule has 0 atom stereocenters. The minimum absolute atomic E-state index is 0.00129. The summed E-state index contributed by atoms with van der Waals surface area (Å²) >= 11 is 5.82. The van der Waals surface area contributed by atoms with Gasteiger partial charge in [-0.25, -0.2) is 4.90 Å². The first-order chi connectivity index (χ1) is 14.9. The predicted molar refractivity (Wildman–Crippen MR) is 118 cm³/mol. The molecular weight excluding hydrogens is 416 g/mol. The Morgan fingerprint density at radius 2 is 1.45 bits per heavy atom. The molecule has 0 aliphatic carbocycles. The van der Waals surface area contributed by atoms with Gasteiger partial charge in [-0.15, -0.1) is 0 Å². The number of carbonyl (C=O) groups excluding carboxylic acids is 4. The molecule has 7 heteroatoms. The first-order valence-corrected chi connectivity index (χ1v) is 9.98. The van der Waals surface area contributed by atoms with Gasteiger partial charge in [-0.05, 0) is 54.6 Å². The fourth-order valence-electron chi connectivity index (χ4n) is 3.38. The number of ketones is 1. The van der Waals surface area contributed by atoms with Crippen LogP contribution in [0.15, 0.2) is 72.8 Å². The van der Waals surface area contributed by atoms with E-state index >= 15 is 0 Å². The van der Waals surface area contributed by atoms with Gasteiger partial charge in [0.05, 0.1) is 16.8 Å². The number of anilines is 2. The number of rotatable bonds is 6. The van der Waals surface area contributed by atoms with Gasteiger partial charge in [0.15, 0.2) is 5.78 Å². The van der Waals surface area contributed by atoms with Gasteiger partial charge in [0.25, 0.3) is 11.8 Å². The van der Waals surface area contributed by atoms with E-state index < -0.39 is 11.8 Å². The van der Waals surface area contributed by atoms with Crippen LogP contribution in [0.1, 0.15) is 43.9 Å². The highest BCUT2D eigenvalue weighted by molar-refractivity contribution is 6.34. The highest BCUT2D eigenvalue weighted by atomic mass is 35.5. The first-order valence-electron chi connectivity index (χ1n) is 9.60. The van der Waals surface area contributed by atoms with Crippen LogP contribution < -0.4 is 10.2 Å². The summed E-state index contributed by atoms with van der Waals surface area (Å²) < 4.78 is 0. The third-order valence-electron chi connectivity index (χ3n) is 4.93. The van der Waals surface area contributed by atoms with Crippen molar-refractivity contribution >= 4 is 46.5 Å². The summed E-state index contributed by atoms with van der Waals surface area (Å²) in [6, 6.07) is 19.6. The molecule has 1 aliphatic heterocycles. The van der Waals surface area contributed by atoms with Crippen molar-refractivity contribution in [3.63, 3.8) is 0 Å². The zero-order valence-electron chi connectivity index (χ0n) is 16.3. The maximum absolute atomic E-state index is 12.6. The van der Waals surface area contributed by atoms with Gasteiger partial charge in [-0.2, -0.15) is 0 Å². The van der Waals surface area contributed by atoms with Crippen LogP contribution in [0.2, 0.25) is 5.02 Å². The normalized spacial score (nSPS) is 12.6. The molecule has 31 heavy (non-hydrogen) atoms. The molecule has 3 aromatic carbocycles. The number of nitrogens with one attached hydrogen (secondary N) is 1. The molecule has 0 unspecified atom stereocenters. The smallest absolute Gasteiger partial charge is 0.266 e. The summed E-state index contributed by atoms with van der Waals surface area (Å²) in [5, 5.41) is 3.25. The van der Waals surface area contributed by atoms with Crippen LogP contribution in [0, 0.1) is 0 Å². The summed E-state index contributed by atoms with van der Waals surface area (Å²) in [5.41, 5.74) is 1.98.